The van der Waals surface area contributed by atoms with Gasteiger partial charge >= 0.3 is 5.97 Å². The Labute approximate surface area is 159 Å². The van der Waals surface area contributed by atoms with Gasteiger partial charge in [0.25, 0.3) is 5.91 Å². The third-order valence-corrected chi connectivity index (χ3v) is 4.77. The fourth-order valence-corrected chi connectivity index (χ4v) is 3.31. The second-order valence-electron chi connectivity index (χ2n) is 6.62. The number of ether oxygens (including phenoxy) is 1. The third-order valence-electron chi connectivity index (χ3n) is 3.91. The summed E-state index contributed by atoms with van der Waals surface area (Å²) in [5, 5.41) is 2.75. The van der Waals surface area contributed by atoms with Crippen molar-refractivity contribution < 1.29 is 22.7 Å². The molecule has 6 nitrogen and oxygen atoms in total. The lowest BCUT2D eigenvalue weighted by molar-refractivity contribution is -0.123. The van der Waals surface area contributed by atoms with E-state index in [9.17, 15) is 18.0 Å². The molecule has 7 heteroatoms. The van der Waals surface area contributed by atoms with Crippen molar-refractivity contribution in [1.82, 2.24) is 0 Å². The second-order valence-corrected chi connectivity index (χ2v) is 8.76. The van der Waals surface area contributed by atoms with Crippen LogP contribution >= 0.6 is 0 Å². The topological polar surface area (TPSA) is 89.5 Å². The van der Waals surface area contributed by atoms with Crippen LogP contribution in [-0.2, 0) is 25.1 Å². The van der Waals surface area contributed by atoms with Crippen molar-refractivity contribution in [1.29, 1.82) is 0 Å². The zero-order valence-electron chi connectivity index (χ0n) is 15.8. The van der Waals surface area contributed by atoms with Gasteiger partial charge in [-0.3, -0.25) is 4.79 Å². The van der Waals surface area contributed by atoms with Crippen molar-refractivity contribution in [2.75, 3.05) is 11.6 Å². The minimum atomic E-state index is -3.15. The van der Waals surface area contributed by atoms with E-state index in [2.05, 4.69) is 5.32 Å². The maximum absolute atomic E-state index is 12.3. The molecule has 27 heavy (non-hydrogen) atoms. The summed E-state index contributed by atoms with van der Waals surface area (Å²) in [5.74, 6) is -1.18. The fraction of sp³-hybridized carbons (Fsp3) is 0.300. The molecule has 0 bridgehead atoms. The first-order valence-electron chi connectivity index (χ1n) is 8.41. The molecule has 1 N–H and O–H groups in total. The Bertz CT molecular complexity index is 949. The average Bonchev–Trinajstić information content (AvgIpc) is 2.56. The van der Waals surface area contributed by atoms with E-state index in [4.69, 9.17) is 4.74 Å². The SMILES string of the molecule is Cc1ccc(NC(=O)[C@@H](C)OC(=O)c2ccc(CS(C)(=O)=O)cc2)c(C)c1. The summed E-state index contributed by atoms with van der Waals surface area (Å²) >= 11 is 0. The Morgan fingerprint density at radius 1 is 1.07 bits per heavy atom. The summed E-state index contributed by atoms with van der Waals surface area (Å²) in [6.45, 7) is 5.34. The monoisotopic (exact) mass is 389 g/mol. The molecule has 0 fully saturated rings. The Morgan fingerprint density at radius 2 is 1.70 bits per heavy atom. The molecule has 1 amide bonds. The average molecular weight is 389 g/mol. The Balaban J connectivity index is 1.98. The molecule has 0 heterocycles. The van der Waals surface area contributed by atoms with E-state index >= 15 is 0 Å². The first-order valence-corrected chi connectivity index (χ1v) is 10.5. The zero-order valence-corrected chi connectivity index (χ0v) is 16.6. The lowest BCUT2D eigenvalue weighted by Gasteiger charge is -2.15. The number of benzene rings is 2. The van der Waals surface area contributed by atoms with E-state index < -0.39 is 27.8 Å². The smallest absolute Gasteiger partial charge is 0.338 e. The van der Waals surface area contributed by atoms with Crippen LogP contribution < -0.4 is 5.32 Å². The van der Waals surface area contributed by atoms with Gasteiger partial charge in [0.1, 0.15) is 0 Å². The number of carbonyl (C=O) groups is 2. The maximum Gasteiger partial charge on any atom is 0.338 e. The molecule has 0 radical (unpaired) electrons. The van der Waals surface area contributed by atoms with E-state index in [1.165, 1.54) is 19.1 Å². The third kappa shape index (κ3) is 6.21. The molecule has 2 rings (SSSR count). The molecule has 2 aromatic carbocycles. The Kier molecular flexibility index (Phi) is 6.38. The van der Waals surface area contributed by atoms with Crippen molar-refractivity contribution in [2.45, 2.75) is 32.6 Å². The molecule has 2 aromatic rings. The quantitative estimate of drug-likeness (QED) is 0.767. The van der Waals surface area contributed by atoms with Crippen LogP contribution in [0.1, 0.15) is 34.0 Å². The van der Waals surface area contributed by atoms with Crippen molar-refractivity contribution in [3.05, 3.63) is 64.7 Å². The summed E-state index contributed by atoms with van der Waals surface area (Å²) in [6, 6.07) is 11.7. The number of carbonyl (C=O) groups excluding carboxylic acids is 2. The number of hydrogen-bond acceptors (Lipinski definition) is 5. The second kappa shape index (κ2) is 8.35. The van der Waals surface area contributed by atoms with Gasteiger partial charge in [0, 0.05) is 11.9 Å². The van der Waals surface area contributed by atoms with Gasteiger partial charge in [-0.2, -0.15) is 0 Å². The van der Waals surface area contributed by atoms with E-state index in [-0.39, 0.29) is 11.3 Å². The number of anilines is 1. The molecule has 144 valence electrons. The number of nitrogens with one attached hydrogen (secondary N) is 1. The molecule has 0 aliphatic heterocycles. The molecule has 0 spiro atoms. The number of esters is 1. The van der Waals surface area contributed by atoms with Crippen LogP contribution in [0.15, 0.2) is 42.5 Å². The van der Waals surface area contributed by atoms with Gasteiger partial charge in [0.05, 0.1) is 11.3 Å². The van der Waals surface area contributed by atoms with Gasteiger partial charge in [-0.1, -0.05) is 29.8 Å². The van der Waals surface area contributed by atoms with Crippen LogP contribution in [0.3, 0.4) is 0 Å². The van der Waals surface area contributed by atoms with Gasteiger partial charge in [-0.25, -0.2) is 13.2 Å². The predicted octanol–water partition coefficient (Wildman–Crippen LogP) is 3.03. The highest BCUT2D eigenvalue weighted by Gasteiger charge is 2.19. The largest absolute Gasteiger partial charge is 0.449 e. The van der Waals surface area contributed by atoms with Crippen LogP contribution in [0.2, 0.25) is 0 Å². The number of amides is 1. The lowest BCUT2D eigenvalue weighted by Crippen LogP contribution is -2.30. The van der Waals surface area contributed by atoms with Crippen LogP contribution in [-0.4, -0.2) is 32.7 Å². The molecular formula is C20H23NO5S. The summed E-state index contributed by atoms with van der Waals surface area (Å²) in [4.78, 5) is 24.5. The van der Waals surface area contributed by atoms with Gasteiger partial charge in [-0.05, 0) is 50.1 Å². The summed E-state index contributed by atoms with van der Waals surface area (Å²) in [7, 11) is -3.15. The van der Waals surface area contributed by atoms with Crippen LogP contribution in [0, 0.1) is 13.8 Å². The molecule has 0 aliphatic rings. The molecular weight excluding hydrogens is 366 g/mol. The van der Waals surface area contributed by atoms with E-state index in [0.29, 0.717) is 11.3 Å². The highest BCUT2D eigenvalue weighted by molar-refractivity contribution is 7.89. The maximum atomic E-state index is 12.3. The number of rotatable bonds is 6. The van der Waals surface area contributed by atoms with Crippen molar-refractivity contribution in [2.24, 2.45) is 0 Å². The number of sulfone groups is 1. The number of aryl methyl sites for hydroxylation is 2. The van der Waals surface area contributed by atoms with Crippen molar-refractivity contribution in [3.63, 3.8) is 0 Å². The molecule has 0 saturated heterocycles. The highest BCUT2D eigenvalue weighted by Crippen LogP contribution is 2.17. The standard InChI is InChI=1S/C20H23NO5S/c1-13-5-10-18(14(2)11-13)21-19(22)15(3)26-20(23)17-8-6-16(7-9-17)12-27(4,24)25/h5-11,15H,12H2,1-4H3,(H,21,22)/t15-/m1/s1. The molecule has 1 atom stereocenters. The van der Waals surface area contributed by atoms with Crippen LogP contribution in [0.25, 0.3) is 0 Å². The van der Waals surface area contributed by atoms with Crippen molar-refractivity contribution >= 4 is 27.4 Å². The van der Waals surface area contributed by atoms with Gasteiger partial charge < -0.3 is 10.1 Å². The summed E-state index contributed by atoms with van der Waals surface area (Å²) < 4.78 is 27.8. The van der Waals surface area contributed by atoms with E-state index in [1.54, 1.807) is 18.2 Å². The lowest BCUT2D eigenvalue weighted by atomic mass is 10.1. The molecule has 0 saturated carbocycles. The Morgan fingerprint density at radius 3 is 2.26 bits per heavy atom. The minimum absolute atomic E-state index is 0.100. The predicted molar refractivity (Wildman–Crippen MR) is 104 cm³/mol. The first-order chi connectivity index (χ1) is 12.5. The van der Waals surface area contributed by atoms with Gasteiger partial charge in [0.2, 0.25) is 0 Å². The van der Waals surface area contributed by atoms with E-state index in [1.807, 2.05) is 26.0 Å². The fourth-order valence-electron chi connectivity index (χ4n) is 2.51. The zero-order chi connectivity index (χ0) is 20.2. The highest BCUT2D eigenvalue weighted by atomic mass is 32.2. The molecule has 0 aromatic heterocycles. The Hall–Kier alpha value is -2.67. The molecule has 0 unspecified atom stereocenters. The molecule has 0 aliphatic carbocycles. The van der Waals surface area contributed by atoms with Crippen molar-refractivity contribution in [3.8, 4) is 0 Å². The normalized spacial score (nSPS) is 12.3. The van der Waals surface area contributed by atoms with Crippen LogP contribution in [0.4, 0.5) is 5.69 Å². The van der Waals surface area contributed by atoms with Gasteiger partial charge in [0.15, 0.2) is 15.9 Å². The van der Waals surface area contributed by atoms with E-state index in [0.717, 1.165) is 17.4 Å². The first kappa shape index (κ1) is 20.6. The summed E-state index contributed by atoms with van der Waals surface area (Å²) in [5.41, 5.74) is 3.50. The minimum Gasteiger partial charge on any atom is -0.449 e. The number of hydrogen-bond donors (Lipinski definition) is 1. The summed E-state index contributed by atoms with van der Waals surface area (Å²) in [6.07, 6.45) is 0.166. The van der Waals surface area contributed by atoms with Crippen LogP contribution in [0.5, 0.6) is 0 Å². The van der Waals surface area contributed by atoms with Gasteiger partial charge in [-0.15, -0.1) is 0 Å².